The van der Waals surface area contributed by atoms with Crippen molar-refractivity contribution < 1.29 is 8.81 Å². The highest BCUT2D eigenvalue weighted by atomic mass is 19.1. The molecule has 28 heavy (non-hydrogen) atoms. The zero-order valence-corrected chi connectivity index (χ0v) is 15.4. The van der Waals surface area contributed by atoms with Crippen LogP contribution in [0.3, 0.4) is 0 Å². The third-order valence-electron chi connectivity index (χ3n) is 4.63. The van der Waals surface area contributed by atoms with Gasteiger partial charge in [0.2, 0.25) is 11.9 Å². The fourth-order valence-electron chi connectivity index (χ4n) is 3.22. The van der Waals surface area contributed by atoms with Crippen LogP contribution in [0.2, 0.25) is 0 Å². The van der Waals surface area contributed by atoms with Crippen molar-refractivity contribution in [2.75, 3.05) is 42.1 Å². The van der Waals surface area contributed by atoms with Crippen molar-refractivity contribution >= 4 is 17.6 Å². The summed E-state index contributed by atoms with van der Waals surface area (Å²) in [7, 11) is 0. The lowest BCUT2D eigenvalue weighted by Crippen LogP contribution is -2.46. The molecule has 8 nitrogen and oxygen atoms in total. The lowest BCUT2D eigenvalue weighted by molar-refractivity contribution is 0.243. The second kappa shape index (κ2) is 8.22. The summed E-state index contributed by atoms with van der Waals surface area (Å²) in [5.74, 6) is 1.80. The van der Waals surface area contributed by atoms with Crippen LogP contribution in [0.4, 0.5) is 22.0 Å². The van der Waals surface area contributed by atoms with E-state index in [0.717, 1.165) is 31.9 Å². The monoisotopic (exact) mass is 383 g/mol. The van der Waals surface area contributed by atoms with Gasteiger partial charge in [0.25, 0.3) is 0 Å². The maximum absolute atomic E-state index is 14.0. The van der Waals surface area contributed by atoms with Gasteiger partial charge >= 0.3 is 0 Å². The molecule has 0 saturated carbocycles. The van der Waals surface area contributed by atoms with Gasteiger partial charge in [-0.05, 0) is 24.3 Å². The molecule has 0 amide bonds. The Bertz CT molecular complexity index is 910. The number of piperazine rings is 1. The van der Waals surface area contributed by atoms with Crippen LogP contribution in [-0.4, -0.2) is 46.0 Å². The maximum Gasteiger partial charge on any atom is 0.228 e. The van der Waals surface area contributed by atoms with Crippen molar-refractivity contribution in [2.45, 2.75) is 13.1 Å². The van der Waals surface area contributed by atoms with Crippen LogP contribution in [0.1, 0.15) is 11.6 Å². The zero-order chi connectivity index (χ0) is 19.3. The van der Waals surface area contributed by atoms with Gasteiger partial charge in [0.15, 0.2) is 0 Å². The molecule has 9 heteroatoms. The molecule has 1 fully saturated rings. The Morgan fingerprint density at radius 2 is 1.86 bits per heavy atom. The summed E-state index contributed by atoms with van der Waals surface area (Å²) in [4.78, 5) is 17.1. The zero-order valence-electron chi connectivity index (χ0n) is 15.4. The molecule has 2 aromatic heterocycles. The van der Waals surface area contributed by atoms with Crippen molar-refractivity contribution in [1.82, 2.24) is 19.9 Å². The second-order valence-corrected chi connectivity index (χ2v) is 6.58. The fraction of sp³-hybridized carbons (Fsp3) is 0.316. The minimum atomic E-state index is -0.187. The van der Waals surface area contributed by atoms with Crippen LogP contribution in [0.5, 0.6) is 0 Å². The van der Waals surface area contributed by atoms with Gasteiger partial charge in [0.1, 0.15) is 17.4 Å². The van der Waals surface area contributed by atoms with Crippen LogP contribution in [0.15, 0.2) is 47.1 Å². The summed E-state index contributed by atoms with van der Waals surface area (Å²) >= 11 is 0. The van der Waals surface area contributed by atoms with E-state index in [0.29, 0.717) is 30.5 Å². The molecule has 1 aliphatic heterocycles. The highest BCUT2D eigenvalue weighted by Gasteiger charge is 2.20. The molecule has 0 bridgehead atoms. The Hall–Kier alpha value is -3.20. The molecular formula is C19H22FN7O. The van der Waals surface area contributed by atoms with E-state index in [2.05, 4.69) is 30.1 Å². The minimum absolute atomic E-state index is 0.178. The van der Waals surface area contributed by atoms with E-state index in [-0.39, 0.29) is 11.8 Å². The first-order valence-electron chi connectivity index (χ1n) is 9.16. The summed E-state index contributed by atoms with van der Waals surface area (Å²) in [6, 6.07) is 10.6. The maximum atomic E-state index is 14.0. The first-order valence-corrected chi connectivity index (χ1v) is 9.16. The number of nitrogens with two attached hydrogens (primary N) is 1. The summed E-state index contributed by atoms with van der Waals surface area (Å²) < 4.78 is 19.3. The van der Waals surface area contributed by atoms with Gasteiger partial charge in [0, 0.05) is 26.2 Å². The lowest BCUT2D eigenvalue weighted by atomic mass is 10.2. The first-order chi connectivity index (χ1) is 13.7. The summed E-state index contributed by atoms with van der Waals surface area (Å²) in [5, 5.41) is 3.10. The van der Waals surface area contributed by atoms with Crippen LogP contribution in [-0.2, 0) is 13.1 Å². The van der Waals surface area contributed by atoms with Crippen molar-refractivity contribution in [3.05, 3.63) is 60.1 Å². The molecule has 0 spiro atoms. The number of hydrogen-bond donors (Lipinski definition) is 2. The number of nitrogen functional groups attached to an aromatic ring is 1. The van der Waals surface area contributed by atoms with Gasteiger partial charge in [-0.15, -0.1) is 0 Å². The topological polar surface area (TPSA) is 96.3 Å². The number of nitrogens with one attached hydrogen (secondary N) is 1. The Labute approximate surface area is 162 Å². The third kappa shape index (κ3) is 4.37. The highest BCUT2D eigenvalue weighted by molar-refractivity contribution is 5.48. The number of nitrogens with zero attached hydrogens (tertiary/aromatic N) is 5. The predicted molar refractivity (Wildman–Crippen MR) is 104 cm³/mol. The number of anilines is 3. The van der Waals surface area contributed by atoms with Gasteiger partial charge in [-0.25, -0.2) is 4.39 Å². The highest BCUT2D eigenvalue weighted by Crippen LogP contribution is 2.20. The van der Waals surface area contributed by atoms with Crippen molar-refractivity contribution in [1.29, 1.82) is 0 Å². The Balaban J connectivity index is 1.35. The van der Waals surface area contributed by atoms with E-state index in [1.165, 1.54) is 6.07 Å². The molecule has 3 heterocycles. The van der Waals surface area contributed by atoms with Crippen molar-refractivity contribution in [3.63, 3.8) is 0 Å². The second-order valence-electron chi connectivity index (χ2n) is 6.58. The Morgan fingerprint density at radius 1 is 1.04 bits per heavy atom. The molecule has 3 aromatic rings. The van der Waals surface area contributed by atoms with E-state index in [1.54, 1.807) is 12.3 Å². The van der Waals surface area contributed by atoms with E-state index in [9.17, 15) is 4.39 Å². The average molecular weight is 383 g/mol. The average Bonchev–Trinajstić information content (AvgIpc) is 3.21. The van der Waals surface area contributed by atoms with Gasteiger partial charge in [-0.3, -0.25) is 4.90 Å². The number of para-hydroxylation sites is 1. The van der Waals surface area contributed by atoms with Crippen molar-refractivity contribution in [2.24, 2.45) is 0 Å². The molecule has 1 aromatic carbocycles. The summed E-state index contributed by atoms with van der Waals surface area (Å²) in [5.41, 5.74) is 6.48. The van der Waals surface area contributed by atoms with Crippen LogP contribution in [0, 0.1) is 5.82 Å². The smallest absolute Gasteiger partial charge is 0.228 e. The van der Waals surface area contributed by atoms with E-state index in [4.69, 9.17) is 10.2 Å². The SMILES string of the molecule is Nc1nc(CN2CCN(c3ccccc3F)CC2)nc(NCc2ccco2)n1. The number of hydrogen-bond acceptors (Lipinski definition) is 8. The standard InChI is InChI=1S/C19H22FN7O/c20-15-5-1-2-6-16(15)27-9-7-26(8-10-27)13-17-23-18(21)25-19(24-17)22-12-14-4-3-11-28-14/h1-6,11H,7-10,12-13H2,(H3,21,22,23,24,25). The van der Waals surface area contributed by atoms with Gasteiger partial charge in [0.05, 0.1) is 25.0 Å². The molecule has 4 rings (SSSR count). The number of benzene rings is 1. The Morgan fingerprint density at radius 3 is 2.61 bits per heavy atom. The van der Waals surface area contributed by atoms with Gasteiger partial charge in [-0.1, -0.05) is 12.1 Å². The van der Waals surface area contributed by atoms with Gasteiger partial charge in [-0.2, -0.15) is 15.0 Å². The van der Waals surface area contributed by atoms with Crippen molar-refractivity contribution in [3.8, 4) is 0 Å². The quantitative estimate of drug-likeness (QED) is 0.668. The molecule has 146 valence electrons. The molecule has 0 aliphatic carbocycles. The van der Waals surface area contributed by atoms with Gasteiger partial charge < -0.3 is 20.4 Å². The number of halogens is 1. The van der Waals surface area contributed by atoms with E-state index >= 15 is 0 Å². The Kier molecular flexibility index (Phi) is 5.34. The normalized spacial score (nSPS) is 15.0. The fourth-order valence-corrected chi connectivity index (χ4v) is 3.22. The van der Waals surface area contributed by atoms with E-state index < -0.39 is 0 Å². The third-order valence-corrected chi connectivity index (χ3v) is 4.63. The molecule has 0 atom stereocenters. The summed E-state index contributed by atoms with van der Waals surface area (Å²) in [6.45, 7) is 4.09. The minimum Gasteiger partial charge on any atom is -0.467 e. The number of rotatable bonds is 6. The largest absolute Gasteiger partial charge is 0.467 e. The molecule has 3 N–H and O–H groups in total. The molecule has 1 aliphatic rings. The number of aromatic nitrogens is 3. The molecule has 0 unspecified atom stereocenters. The number of furan rings is 1. The van der Waals surface area contributed by atoms with E-state index in [1.807, 2.05) is 24.3 Å². The summed E-state index contributed by atoms with van der Waals surface area (Å²) in [6.07, 6.45) is 1.62. The van der Waals surface area contributed by atoms with Crippen LogP contribution < -0.4 is 16.0 Å². The van der Waals surface area contributed by atoms with Crippen LogP contribution in [0.25, 0.3) is 0 Å². The lowest BCUT2D eigenvalue weighted by Gasteiger charge is -2.35. The first kappa shape index (κ1) is 18.2. The van der Waals surface area contributed by atoms with Crippen LogP contribution >= 0.6 is 0 Å². The predicted octanol–water partition coefficient (Wildman–Crippen LogP) is 2.12. The molecular weight excluding hydrogens is 361 g/mol. The molecule has 1 saturated heterocycles. The molecule has 0 radical (unpaired) electrons.